The second-order valence-electron chi connectivity index (χ2n) is 9.95. The van der Waals surface area contributed by atoms with Crippen molar-refractivity contribution in [2.75, 3.05) is 18.0 Å². The van der Waals surface area contributed by atoms with E-state index < -0.39 is 56.9 Å². The van der Waals surface area contributed by atoms with Crippen LogP contribution >= 0.6 is 11.6 Å². The zero-order chi connectivity index (χ0) is 31.9. The molecule has 0 aliphatic carbocycles. The summed E-state index contributed by atoms with van der Waals surface area (Å²) in [5.74, 6) is -0.771. The Balaban J connectivity index is 2.15. The summed E-state index contributed by atoms with van der Waals surface area (Å²) in [7, 11) is -3.09. The number of alkyl halides is 3. The number of benzene rings is 3. The van der Waals surface area contributed by atoms with Crippen LogP contribution in [0.25, 0.3) is 0 Å². The SMILES string of the molecule is CC[C@@H](C(=O)NC(C)C)N(Cc1cccc(OC)c1)C(=O)CN(c1ccc(Cl)c(C(F)(F)F)c1)S(=O)(=O)c1ccccc1. The molecule has 0 aromatic heterocycles. The molecule has 0 saturated heterocycles. The number of ether oxygens (including phenoxy) is 1. The number of sulfonamides is 1. The van der Waals surface area contributed by atoms with Gasteiger partial charge in [-0.1, -0.05) is 48.9 Å². The number of hydrogen-bond acceptors (Lipinski definition) is 5. The van der Waals surface area contributed by atoms with Gasteiger partial charge in [-0.25, -0.2) is 8.42 Å². The average molecular weight is 640 g/mol. The fourth-order valence-electron chi connectivity index (χ4n) is 4.40. The van der Waals surface area contributed by atoms with Crippen molar-refractivity contribution in [2.45, 2.75) is 56.9 Å². The minimum Gasteiger partial charge on any atom is -0.497 e. The lowest BCUT2D eigenvalue weighted by atomic mass is 10.1. The van der Waals surface area contributed by atoms with Crippen LogP contribution in [0.3, 0.4) is 0 Å². The van der Waals surface area contributed by atoms with Gasteiger partial charge in [0.05, 0.1) is 28.3 Å². The molecule has 0 fully saturated rings. The lowest BCUT2D eigenvalue weighted by molar-refractivity contribution is -0.140. The average Bonchev–Trinajstić information content (AvgIpc) is 2.95. The highest BCUT2D eigenvalue weighted by Gasteiger charge is 2.37. The Hall–Kier alpha value is -3.77. The fraction of sp³-hybridized carbons (Fsp3) is 0.333. The first-order chi connectivity index (χ1) is 20.2. The van der Waals surface area contributed by atoms with Gasteiger partial charge >= 0.3 is 6.18 Å². The molecule has 0 aliphatic heterocycles. The summed E-state index contributed by atoms with van der Waals surface area (Å²) in [6.45, 7) is 4.21. The van der Waals surface area contributed by atoms with E-state index in [1.165, 1.54) is 36.3 Å². The number of nitrogens with one attached hydrogen (secondary N) is 1. The van der Waals surface area contributed by atoms with E-state index in [9.17, 15) is 31.2 Å². The Morgan fingerprint density at radius 2 is 1.67 bits per heavy atom. The van der Waals surface area contributed by atoms with Crippen LogP contribution in [0, 0.1) is 0 Å². The summed E-state index contributed by atoms with van der Waals surface area (Å²) in [4.78, 5) is 28.3. The van der Waals surface area contributed by atoms with Crippen LogP contribution in [-0.2, 0) is 32.3 Å². The zero-order valence-corrected chi connectivity index (χ0v) is 25.6. The molecule has 0 unspecified atom stereocenters. The topological polar surface area (TPSA) is 96.0 Å². The molecule has 0 spiro atoms. The van der Waals surface area contributed by atoms with Crippen molar-refractivity contribution in [3.63, 3.8) is 0 Å². The summed E-state index contributed by atoms with van der Waals surface area (Å²) in [5.41, 5.74) is -1.09. The molecule has 3 rings (SSSR count). The Labute approximate surface area is 254 Å². The molecule has 13 heteroatoms. The van der Waals surface area contributed by atoms with Gasteiger partial charge in [0.2, 0.25) is 11.8 Å². The summed E-state index contributed by atoms with van der Waals surface area (Å²) in [5, 5.41) is 2.15. The molecule has 43 heavy (non-hydrogen) atoms. The molecular formula is C30H33ClF3N3O5S. The first kappa shape index (κ1) is 33.7. The molecule has 1 N–H and O–H groups in total. The number of nitrogens with zero attached hydrogens (tertiary/aromatic N) is 2. The molecule has 0 heterocycles. The van der Waals surface area contributed by atoms with E-state index in [0.717, 1.165) is 12.1 Å². The van der Waals surface area contributed by atoms with E-state index in [2.05, 4.69) is 5.32 Å². The first-order valence-corrected chi connectivity index (χ1v) is 15.2. The Kier molecular flexibility index (Phi) is 11.1. The largest absolute Gasteiger partial charge is 0.497 e. The van der Waals surface area contributed by atoms with Crippen LogP contribution in [0.5, 0.6) is 5.75 Å². The van der Waals surface area contributed by atoms with Gasteiger partial charge in [0, 0.05) is 12.6 Å². The minimum atomic E-state index is -4.89. The van der Waals surface area contributed by atoms with Crippen LogP contribution < -0.4 is 14.4 Å². The maximum Gasteiger partial charge on any atom is 0.417 e. The zero-order valence-electron chi connectivity index (χ0n) is 24.1. The predicted octanol–water partition coefficient (Wildman–Crippen LogP) is 5.89. The molecular weight excluding hydrogens is 607 g/mol. The second kappa shape index (κ2) is 14.1. The van der Waals surface area contributed by atoms with Gasteiger partial charge < -0.3 is 15.0 Å². The van der Waals surface area contributed by atoms with E-state index in [1.807, 2.05) is 0 Å². The van der Waals surface area contributed by atoms with Crippen molar-refractivity contribution in [3.8, 4) is 5.75 Å². The molecule has 3 aromatic rings. The van der Waals surface area contributed by atoms with Crippen LogP contribution in [0.15, 0.2) is 77.7 Å². The molecule has 0 radical (unpaired) electrons. The van der Waals surface area contributed by atoms with Crippen molar-refractivity contribution in [1.82, 2.24) is 10.2 Å². The van der Waals surface area contributed by atoms with E-state index in [4.69, 9.17) is 16.3 Å². The van der Waals surface area contributed by atoms with Crippen LogP contribution in [0.2, 0.25) is 5.02 Å². The summed E-state index contributed by atoms with van der Waals surface area (Å²) < 4.78 is 74.9. The van der Waals surface area contributed by atoms with Crippen molar-refractivity contribution >= 4 is 39.1 Å². The van der Waals surface area contributed by atoms with Gasteiger partial charge in [-0.3, -0.25) is 13.9 Å². The maximum atomic E-state index is 14.1. The number of hydrogen-bond donors (Lipinski definition) is 1. The highest BCUT2D eigenvalue weighted by atomic mass is 35.5. The lowest BCUT2D eigenvalue weighted by Crippen LogP contribution is -2.53. The van der Waals surface area contributed by atoms with Gasteiger partial charge in [-0.05, 0) is 68.3 Å². The number of anilines is 1. The van der Waals surface area contributed by atoms with Gasteiger partial charge in [-0.15, -0.1) is 0 Å². The van der Waals surface area contributed by atoms with Crippen molar-refractivity contribution in [3.05, 3.63) is 88.9 Å². The number of carbonyl (C=O) groups excluding carboxylic acids is 2. The van der Waals surface area contributed by atoms with Gasteiger partial charge in [0.1, 0.15) is 18.3 Å². The summed E-state index contributed by atoms with van der Waals surface area (Å²) in [6, 6.07) is 15.1. The van der Waals surface area contributed by atoms with Gasteiger partial charge in [0.25, 0.3) is 10.0 Å². The Morgan fingerprint density at radius 1 is 1.00 bits per heavy atom. The number of halogens is 4. The standard InChI is InChI=1S/C30H33ClF3N3O5S/c1-5-27(29(39)35-20(2)3)36(18-21-10-9-11-23(16-21)42-4)28(38)19-37(43(40,41)24-12-7-6-8-13-24)22-14-15-26(31)25(17-22)30(32,33)34/h6-17,20,27H,5,18-19H2,1-4H3,(H,35,39)/t27-/m0/s1. The maximum absolute atomic E-state index is 14.1. The van der Waals surface area contributed by atoms with Crippen LogP contribution in [0.1, 0.15) is 38.3 Å². The monoisotopic (exact) mass is 639 g/mol. The summed E-state index contributed by atoms with van der Waals surface area (Å²) >= 11 is 5.81. The fourth-order valence-corrected chi connectivity index (χ4v) is 6.05. The Morgan fingerprint density at radius 3 is 2.26 bits per heavy atom. The third kappa shape index (κ3) is 8.41. The molecule has 232 valence electrons. The van der Waals surface area contributed by atoms with Crippen LogP contribution in [0.4, 0.5) is 18.9 Å². The molecule has 0 saturated carbocycles. The Bertz CT molecular complexity index is 1540. The molecule has 1 atom stereocenters. The van der Waals surface area contributed by atoms with Crippen molar-refractivity contribution < 1.29 is 35.9 Å². The summed E-state index contributed by atoms with van der Waals surface area (Å²) in [6.07, 6.45) is -4.71. The molecule has 0 bridgehead atoms. The van der Waals surface area contributed by atoms with E-state index >= 15 is 0 Å². The van der Waals surface area contributed by atoms with Gasteiger partial charge in [-0.2, -0.15) is 13.2 Å². The molecule has 2 amide bonds. The predicted molar refractivity (Wildman–Crippen MR) is 158 cm³/mol. The number of carbonyl (C=O) groups is 2. The molecule has 0 aliphatic rings. The molecule has 3 aromatic carbocycles. The minimum absolute atomic E-state index is 0.103. The number of amides is 2. The highest BCUT2D eigenvalue weighted by Crippen LogP contribution is 2.38. The number of methoxy groups -OCH3 is 1. The van der Waals surface area contributed by atoms with Crippen molar-refractivity contribution in [1.29, 1.82) is 0 Å². The smallest absolute Gasteiger partial charge is 0.417 e. The second-order valence-corrected chi connectivity index (χ2v) is 12.2. The third-order valence-electron chi connectivity index (χ3n) is 6.46. The highest BCUT2D eigenvalue weighted by molar-refractivity contribution is 7.92. The lowest BCUT2D eigenvalue weighted by Gasteiger charge is -2.33. The van der Waals surface area contributed by atoms with Gasteiger partial charge in [0.15, 0.2) is 0 Å². The van der Waals surface area contributed by atoms with E-state index in [0.29, 0.717) is 21.7 Å². The van der Waals surface area contributed by atoms with Crippen LogP contribution in [-0.4, -0.2) is 50.9 Å². The third-order valence-corrected chi connectivity index (χ3v) is 8.57. The van der Waals surface area contributed by atoms with Crippen molar-refractivity contribution in [2.24, 2.45) is 0 Å². The first-order valence-electron chi connectivity index (χ1n) is 13.4. The quantitative estimate of drug-likeness (QED) is 0.267. The molecule has 8 nitrogen and oxygen atoms in total. The van der Waals surface area contributed by atoms with E-state index in [1.54, 1.807) is 51.1 Å². The van der Waals surface area contributed by atoms with E-state index in [-0.39, 0.29) is 23.9 Å². The number of rotatable bonds is 12. The normalized spacial score (nSPS) is 12.5.